The maximum atomic E-state index is 12.1. The van der Waals surface area contributed by atoms with Gasteiger partial charge in [-0.1, -0.05) is 6.92 Å². The van der Waals surface area contributed by atoms with Gasteiger partial charge in [0.15, 0.2) is 0 Å². The van der Waals surface area contributed by atoms with Crippen LogP contribution < -0.4 is 5.32 Å². The molecule has 1 fully saturated rings. The van der Waals surface area contributed by atoms with Crippen molar-refractivity contribution < 1.29 is 8.78 Å². The third-order valence-corrected chi connectivity index (χ3v) is 2.71. The van der Waals surface area contributed by atoms with Gasteiger partial charge in [-0.25, -0.2) is 8.78 Å². The minimum Gasteiger partial charge on any atom is -0.308 e. The van der Waals surface area contributed by atoms with Crippen LogP contribution in [0.3, 0.4) is 0 Å². The van der Waals surface area contributed by atoms with Gasteiger partial charge in [-0.2, -0.15) is 0 Å². The van der Waals surface area contributed by atoms with Crippen molar-refractivity contribution in [3.8, 4) is 0 Å². The summed E-state index contributed by atoms with van der Waals surface area (Å²) in [6.45, 7) is 6.22. The van der Waals surface area contributed by atoms with Crippen molar-refractivity contribution in [2.24, 2.45) is 0 Å². The van der Waals surface area contributed by atoms with E-state index >= 15 is 0 Å². The van der Waals surface area contributed by atoms with Gasteiger partial charge in [-0.3, -0.25) is 4.90 Å². The Bertz CT molecular complexity index is 160. The van der Waals surface area contributed by atoms with Crippen molar-refractivity contribution in [1.29, 1.82) is 0 Å². The van der Waals surface area contributed by atoms with Gasteiger partial charge >= 0.3 is 0 Å². The van der Waals surface area contributed by atoms with Crippen molar-refractivity contribution >= 4 is 0 Å². The van der Waals surface area contributed by atoms with Gasteiger partial charge in [0, 0.05) is 19.1 Å². The Hall–Kier alpha value is -0.220. The van der Waals surface area contributed by atoms with E-state index in [1.807, 2.05) is 0 Å². The lowest BCUT2D eigenvalue weighted by molar-refractivity contribution is 0.104. The molecule has 1 aliphatic rings. The Morgan fingerprint density at radius 3 is 2.50 bits per heavy atom. The Labute approximate surface area is 84.7 Å². The minimum absolute atomic E-state index is 0.663. The molecule has 4 heteroatoms. The van der Waals surface area contributed by atoms with Crippen LogP contribution in [-0.2, 0) is 0 Å². The van der Waals surface area contributed by atoms with Crippen LogP contribution in [0.25, 0.3) is 0 Å². The summed E-state index contributed by atoms with van der Waals surface area (Å²) in [4.78, 5) is 2.35. The maximum Gasteiger partial charge on any atom is 0.253 e. The van der Waals surface area contributed by atoms with Crippen molar-refractivity contribution in [3.05, 3.63) is 0 Å². The van der Waals surface area contributed by atoms with Gasteiger partial charge in [-0.05, 0) is 26.3 Å². The van der Waals surface area contributed by atoms with Crippen molar-refractivity contribution in [3.63, 3.8) is 0 Å². The van der Waals surface area contributed by atoms with Crippen LogP contribution in [-0.4, -0.2) is 43.0 Å². The molecule has 1 atom stereocenters. The molecule has 1 unspecified atom stereocenters. The Balaban J connectivity index is 2.06. The maximum absolute atomic E-state index is 12.1. The lowest BCUT2D eigenvalue weighted by Gasteiger charge is -2.21. The summed E-state index contributed by atoms with van der Waals surface area (Å²) in [6.07, 6.45) is 0.294. The molecule has 14 heavy (non-hydrogen) atoms. The number of hydrogen-bond donors (Lipinski definition) is 1. The van der Waals surface area contributed by atoms with E-state index < -0.39 is 12.5 Å². The normalized spacial score (nSPS) is 19.3. The monoisotopic (exact) mass is 206 g/mol. The highest BCUT2D eigenvalue weighted by molar-refractivity contribution is 4.84. The number of nitrogens with one attached hydrogen (secondary N) is 1. The zero-order chi connectivity index (χ0) is 10.6. The molecule has 0 bridgehead atoms. The Morgan fingerprint density at radius 1 is 1.43 bits per heavy atom. The zero-order valence-corrected chi connectivity index (χ0v) is 8.97. The minimum atomic E-state index is -2.26. The summed E-state index contributed by atoms with van der Waals surface area (Å²) >= 11 is 0. The largest absolute Gasteiger partial charge is 0.308 e. The predicted octanol–water partition coefficient (Wildman–Crippen LogP) is 1.71. The third kappa shape index (κ3) is 3.88. The van der Waals surface area contributed by atoms with E-state index in [4.69, 9.17) is 0 Å². The lowest BCUT2D eigenvalue weighted by Crippen LogP contribution is -2.39. The van der Waals surface area contributed by atoms with E-state index in [2.05, 4.69) is 17.1 Å². The third-order valence-electron chi connectivity index (χ3n) is 2.71. The van der Waals surface area contributed by atoms with Gasteiger partial charge in [0.25, 0.3) is 6.43 Å². The highest BCUT2D eigenvalue weighted by atomic mass is 19.3. The molecule has 0 aromatic carbocycles. The summed E-state index contributed by atoms with van der Waals surface area (Å²) in [7, 11) is 0. The molecule has 1 aliphatic carbocycles. The number of nitrogens with zero attached hydrogens (tertiary/aromatic N) is 1. The molecule has 0 heterocycles. The molecular weight excluding hydrogens is 186 g/mol. The van der Waals surface area contributed by atoms with Crippen LogP contribution >= 0.6 is 0 Å². The van der Waals surface area contributed by atoms with E-state index in [0.29, 0.717) is 6.54 Å². The van der Waals surface area contributed by atoms with E-state index in [9.17, 15) is 8.78 Å². The molecular formula is C10H20F2N2. The highest BCUT2D eigenvalue weighted by Crippen LogP contribution is 2.25. The molecule has 1 saturated carbocycles. The van der Waals surface area contributed by atoms with Crippen LogP contribution in [0.15, 0.2) is 0 Å². The number of halogens is 2. The lowest BCUT2D eigenvalue weighted by atomic mass is 10.3. The van der Waals surface area contributed by atoms with Crippen LogP contribution in [0.1, 0.15) is 26.7 Å². The number of rotatable bonds is 7. The summed E-state index contributed by atoms with van der Waals surface area (Å²) in [5.41, 5.74) is 0. The van der Waals surface area contributed by atoms with Crippen LogP contribution in [0.5, 0.6) is 0 Å². The fourth-order valence-electron chi connectivity index (χ4n) is 1.56. The first-order valence-corrected chi connectivity index (χ1v) is 5.40. The van der Waals surface area contributed by atoms with Crippen LogP contribution in [0.2, 0.25) is 0 Å². The van der Waals surface area contributed by atoms with Crippen LogP contribution in [0.4, 0.5) is 8.78 Å². The summed E-state index contributed by atoms with van der Waals surface area (Å²) in [5, 5.41) is 2.84. The first-order chi connectivity index (χ1) is 6.65. The fourth-order valence-corrected chi connectivity index (χ4v) is 1.56. The summed E-state index contributed by atoms with van der Waals surface area (Å²) in [6, 6.07) is 0.0385. The summed E-state index contributed by atoms with van der Waals surface area (Å²) < 4.78 is 24.3. The average Bonchev–Trinajstić information content (AvgIpc) is 2.95. The van der Waals surface area contributed by atoms with Crippen molar-refractivity contribution in [2.75, 3.05) is 19.6 Å². The second-order valence-electron chi connectivity index (χ2n) is 3.94. The van der Waals surface area contributed by atoms with E-state index in [1.54, 1.807) is 0 Å². The molecule has 0 aliphatic heterocycles. The van der Waals surface area contributed by atoms with Gasteiger partial charge in [0.05, 0.1) is 6.04 Å². The molecule has 0 aromatic heterocycles. The molecule has 1 N–H and O–H groups in total. The van der Waals surface area contributed by atoms with E-state index in [1.165, 1.54) is 19.8 Å². The average molecular weight is 206 g/mol. The number of likely N-dealkylation sites (N-methyl/N-ethyl adjacent to an activating group) is 1. The molecule has 0 amide bonds. The first kappa shape index (κ1) is 11.9. The highest BCUT2D eigenvalue weighted by Gasteiger charge is 2.27. The first-order valence-electron chi connectivity index (χ1n) is 5.40. The molecule has 84 valence electrons. The van der Waals surface area contributed by atoms with Gasteiger partial charge in [0.2, 0.25) is 0 Å². The molecule has 0 saturated heterocycles. The Morgan fingerprint density at radius 2 is 2.07 bits per heavy atom. The standard InChI is InChI=1S/C10H20F2N2/c1-3-14(9-4-5-9)7-6-13-8(2)10(11)12/h8-10,13H,3-7H2,1-2H3. The quantitative estimate of drug-likeness (QED) is 0.682. The topological polar surface area (TPSA) is 15.3 Å². The second kappa shape index (κ2) is 5.61. The van der Waals surface area contributed by atoms with Crippen molar-refractivity contribution in [2.45, 2.75) is 45.2 Å². The predicted molar refractivity (Wildman–Crippen MR) is 53.7 cm³/mol. The molecule has 2 nitrogen and oxygen atoms in total. The van der Waals surface area contributed by atoms with E-state index in [0.717, 1.165) is 19.1 Å². The molecule has 0 radical (unpaired) electrons. The van der Waals surface area contributed by atoms with E-state index in [-0.39, 0.29) is 0 Å². The van der Waals surface area contributed by atoms with Gasteiger partial charge < -0.3 is 5.32 Å². The fraction of sp³-hybridized carbons (Fsp3) is 1.00. The number of hydrogen-bond acceptors (Lipinski definition) is 2. The smallest absolute Gasteiger partial charge is 0.253 e. The summed E-state index contributed by atoms with van der Waals surface area (Å²) in [5.74, 6) is 0. The molecule has 1 rings (SSSR count). The van der Waals surface area contributed by atoms with Gasteiger partial charge in [-0.15, -0.1) is 0 Å². The van der Waals surface area contributed by atoms with Gasteiger partial charge in [0.1, 0.15) is 0 Å². The van der Waals surface area contributed by atoms with Crippen molar-refractivity contribution in [1.82, 2.24) is 10.2 Å². The SMILES string of the molecule is CCN(CCNC(C)C(F)F)C1CC1. The second-order valence-corrected chi connectivity index (χ2v) is 3.94. The molecule has 0 aromatic rings. The zero-order valence-electron chi connectivity index (χ0n) is 8.97. The number of alkyl halides is 2. The Kier molecular flexibility index (Phi) is 4.75. The van der Waals surface area contributed by atoms with Crippen LogP contribution in [0, 0.1) is 0 Å². The molecule has 0 spiro atoms.